The van der Waals surface area contributed by atoms with E-state index in [0.717, 1.165) is 15.9 Å². The van der Waals surface area contributed by atoms with E-state index >= 15 is 0 Å². The SMILES string of the molecule is Cc1cc(Nc2ccc(Br)cc2)nc(Nc2ccccc2F)n1. The largest absolute Gasteiger partial charge is 0.340 e. The zero-order chi connectivity index (χ0) is 16.2. The van der Waals surface area contributed by atoms with Crippen molar-refractivity contribution in [2.45, 2.75) is 6.92 Å². The van der Waals surface area contributed by atoms with Gasteiger partial charge in [-0.1, -0.05) is 28.1 Å². The molecule has 0 unspecified atom stereocenters. The maximum Gasteiger partial charge on any atom is 0.229 e. The molecule has 0 saturated heterocycles. The van der Waals surface area contributed by atoms with Crippen molar-refractivity contribution in [3.05, 3.63) is 70.6 Å². The first-order valence-corrected chi connectivity index (χ1v) is 7.79. The Hall–Kier alpha value is -2.47. The summed E-state index contributed by atoms with van der Waals surface area (Å²) < 4.78 is 14.7. The molecule has 3 aromatic rings. The van der Waals surface area contributed by atoms with Gasteiger partial charge in [0.2, 0.25) is 5.95 Å². The Bertz CT molecular complexity index is 821. The Morgan fingerprint density at radius 3 is 2.43 bits per heavy atom. The van der Waals surface area contributed by atoms with Crippen LogP contribution in [0.15, 0.2) is 59.1 Å². The number of aryl methyl sites for hydroxylation is 1. The first kappa shape index (κ1) is 15.4. The molecule has 2 N–H and O–H groups in total. The molecule has 23 heavy (non-hydrogen) atoms. The molecule has 1 aromatic heterocycles. The number of benzene rings is 2. The summed E-state index contributed by atoms with van der Waals surface area (Å²) in [5.41, 5.74) is 2.02. The van der Waals surface area contributed by atoms with Gasteiger partial charge in [0.15, 0.2) is 0 Å². The average Bonchev–Trinajstić information content (AvgIpc) is 2.51. The molecule has 0 fully saturated rings. The number of halogens is 2. The summed E-state index contributed by atoms with van der Waals surface area (Å²) in [5.74, 6) is 0.633. The first-order valence-electron chi connectivity index (χ1n) is 7.00. The smallest absolute Gasteiger partial charge is 0.229 e. The minimum absolute atomic E-state index is 0.340. The van der Waals surface area contributed by atoms with E-state index in [0.29, 0.717) is 17.5 Å². The predicted octanol–water partition coefficient (Wildman–Crippen LogP) is 5.17. The van der Waals surface area contributed by atoms with E-state index in [9.17, 15) is 4.39 Å². The zero-order valence-corrected chi connectivity index (χ0v) is 13.9. The van der Waals surface area contributed by atoms with E-state index in [-0.39, 0.29) is 5.82 Å². The predicted molar refractivity (Wildman–Crippen MR) is 93.9 cm³/mol. The van der Waals surface area contributed by atoms with Gasteiger partial charge in [-0.3, -0.25) is 0 Å². The van der Waals surface area contributed by atoms with Crippen LogP contribution < -0.4 is 10.6 Å². The fourth-order valence-electron chi connectivity index (χ4n) is 2.05. The lowest BCUT2D eigenvalue weighted by molar-refractivity contribution is 0.631. The van der Waals surface area contributed by atoms with Crippen LogP contribution in [0, 0.1) is 12.7 Å². The number of anilines is 4. The standard InChI is InChI=1S/C17H14BrFN4/c1-11-10-16(21-13-8-6-12(18)7-9-13)23-17(20-11)22-15-5-3-2-4-14(15)19/h2-10H,1H3,(H2,20,21,22,23). The number of para-hydroxylation sites is 1. The summed E-state index contributed by atoms with van der Waals surface area (Å²) in [4.78, 5) is 8.67. The van der Waals surface area contributed by atoms with E-state index in [1.54, 1.807) is 18.2 Å². The molecule has 0 aliphatic carbocycles. The van der Waals surface area contributed by atoms with E-state index < -0.39 is 0 Å². The van der Waals surface area contributed by atoms with Crippen molar-refractivity contribution in [1.29, 1.82) is 0 Å². The number of nitrogens with zero attached hydrogens (tertiary/aromatic N) is 2. The van der Waals surface area contributed by atoms with E-state index in [1.807, 2.05) is 37.3 Å². The van der Waals surface area contributed by atoms with Crippen LogP contribution in [-0.4, -0.2) is 9.97 Å². The average molecular weight is 373 g/mol. The van der Waals surface area contributed by atoms with E-state index in [2.05, 4.69) is 36.5 Å². The minimum atomic E-state index is -0.347. The first-order chi connectivity index (χ1) is 11.1. The van der Waals surface area contributed by atoms with Crippen LogP contribution >= 0.6 is 15.9 Å². The van der Waals surface area contributed by atoms with Gasteiger partial charge in [0, 0.05) is 21.9 Å². The van der Waals surface area contributed by atoms with Crippen molar-refractivity contribution in [2.24, 2.45) is 0 Å². The van der Waals surface area contributed by atoms with Gasteiger partial charge in [0.25, 0.3) is 0 Å². The lowest BCUT2D eigenvalue weighted by Gasteiger charge is -2.10. The Morgan fingerprint density at radius 2 is 1.70 bits per heavy atom. The van der Waals surface area contributed by atoms with Crippen LogP contribution in [0.3, 0.4) is 0 Å². The molecule has 0 radical (unpaired) electrons. The molecule has 0 atom stereocenters. The number of aromatic nitrogens is 2. The maximum absolute atomic E-state index is 13.7. The lowest BCUT2D eigenvalue weighted by Crippen LogP contribution is -2.03. The third kappa shape index (κ3) is 4.04. The maximum atomic E-state index is 13.7. The Labute approximate surface area is 141 Å². The van der Waals surface area contributed by atoms with Crippen LogP contribution in [0.25, 0.3) is 0 Å². The van der Waals surface area contributed by atoms with Crippen molar-refractivity contribution < 1.29 is 4.39 Å². The molecule has 2 aromatic carbocycles. The number of hydrogen-bond donors (Lipinski definition) is 2. The fourth-order valence-corrected chi connectivity index (χ4v) is 2.32. The Morgan fingerprint density at radius 1 is 0.957 bits per heavy atom. The third-order valence-electron chi connectivity index (χ3n) is 3.09. The Balaban J connectivity index is 1.84. The van der Waals surface area contributed by atoms with Crippen molar-refractivity contribution in [3.8, 4) is 0 Å². The molecular weight excluding hydrogens is 359 g/mol. The molecule has 1 heterocycles. The van der Waals surface area contributed by atoms with Gasteiger partial charge < -0.3 is 10.6 Å². The molecule has 0 aliphatic rings. The van der Waals surface area contributed by atoms with Crippen LogP contribution in [0.5, 0.6) is 0 Å². The summed E-state index contributed by atoms with van der Waals surface area (Å²) >= 11 is 3.40. The lowest BCUT2D eigenvalue weighted by atomic mass is 10.3. The summed E-state index contributed by atoms with van der Waals surface area (Å²) in [7, 11) is 0. The monoisotopic (exact) mass is 372 g/mol. The highest BCUT2D eigenvalue weighted by molar-refractivity contribution is 9.10. The molecule has 4 nitrogen and oxygen atoms in total. The van der Waals surface area contributed by atoms with Gasteiger partial charge >= 0.3 is 0 Å². The van der Waals surface area contributed by atoms with Crippen molar-refractivity contribution in [3.63, 3.8) is 0 Å². The highest BCUT2D eigenvalue weighted by Crippen LogP contribution is 2.21. The summed E-state index contributed by atoms with van der Waals surface area (Å²) in [6, 6.07) is 16.0. The van der Waals surface area contributed by atoms with Gasteiger partial charge in [-0.25, -0.2) is 9.37 Å². The zero-order valence-electron chi connectivity index (χ0n) is 12.3. The third-order valence-corrected chi connectivity index (χ3v) is 3.62. The molecule has 0 saturated carbocycles. The molecule has 116 valence electrons. The molecule has 0 aliphatic heterocycles. The summed E-state index contributed by atoms with van der Waals surface area (Å²) in [6.07, 6.45) is 0. The number of hydrogen-bond acceptors (Lipinski definition) is 4. The van der Waals surface area contributed by atoms with Crippen LogP contribution in [0.4, 0.5) is 27.5 Å². The quantitative estimate of drug-likeness (QED) is 0.662. The second-order valence-electron chi connectivity index (χ2n) is 4.95. The molecule has 3 rings (SSSR count). The Kier molecular flexibility index (Phi) is 4.52. The molecule has 0 amide bonds. The second-order valence-corrected chi connectivity index (χ2v) is 5.87. The van der Waals surface area contributed by atoms with Crippen LogP contribution in [0.1, 0.15) is 5.69 Å². The molecule has 6 heteroatoms. The van der Waals surface area contributed by atoms with E-state index in [4.69, 9.17) is 0 Å². The normalized spacial score (nSPS) is 10.4. The molecule has 0 bridgehead atoms. The minimum Gasteiger partial charge on any atom is -0.340 e. The highest BCUT2D eigenvalue weighted by Gasteiger charge is 2.06. The van der Waals surface area contributed by atoms with Crippen molar-refractivity contribution in [2.75, 3.05) is 10.6 Å². The fraction of sp³-hybridized carbons (Fsp3) is 0.0588. The number of rotatable bonds is 4. The van der Waals surface area contributed by atoms with Gasteiger partial charge in [-0.05, 0) is 43.3 Å². The van der Waals surface area contributed by atoms with E-state index in [1.165, 1.54) is 6.07 Å². The summed E-state index contributed by atoms with van der Waals surface area (Å²) in [5, 5.41) is 6.11. The second kappa shape index (κ2) is 6.75. The highest BCUT2D eigenvalue weighted by atomic mass is 79.9. The van der Waals surface area contributed by atoms with Crippen molar-refractivity contribution in [1.82, 2.24) is 9.97 Å². The van der Waals surface area contributed by atoms with Gasteiger partial charge in [-0.15, -0.1) is 0 Å². The van der Waals surface area contributed by atoms with Crippen molar-refractivity contribution >= 4 is 39.1 Å². The van der Waals surface area contributed by atoms with Gasteiger partial charge in [-0.2, -0.15) is 4.98 Å². The topological polar surface area (TPSA) is 49.8 Å². The van der Waals surface area contributed by atoms with Gasteiger partial charge in [0.1, 0.15) is 11.6 Å². The van der Waals surface area contributed by atoms with Gasteiger partial charge in [0.05, 0.1) is 5.69 Å². The molecule has 0 spiro atoms. The van der Waals surface area contributed by atoms with Crippen LogP contribution in [-0.2, 0) is 0 Å². The molecular formula is C17H14BrFN4. The number of nitrogens with one attached hydrogen (secondary N) is 2. The van der Waals surface area contributed by atoms with Crippen LogP contribution in [0.2, 0.25) is 0 Å². The summed E-state index contributed by atoms with van der Waals surface area (Å²) in [6.45, 7) is 1.86.